The van der Waals surface area contributed by atoms with Gasteiger partial charge in [-0.2, -0.15) is 0 Å². The Balaban J connectivity index is 0. The predicted octanol–water partition coefficient (Wildman–Crippen LogP) is 11.3. The standard InChI is InChI=1S/C13H16N2O4.C11H10N2O4.C10H14O2.C6H7ClO.C6H8O2.C4H7O.C3H4N2O2.5C2H6.3CH3.Sn/c1-2-19-10-7-14-11(17)6-12(18)15(14)13-8(10)4-3-5-9(13)16;14-7-3-1-2-6-8(15)5-12-9(16)4-10(17)13(12)11(6)7;1-3-12-8(2)9-5-4-6-10(11)7-9;2*7-5-2-1-3-6(8)4-5;1-3-5-4-2;6-2-1-3(7)5-4-2;5*1-2;;;;/h13H,2-7H2,1H3;1-5H2;7H,2-6H2,1H3;4H,1-3H2;4,7H,1-3H2;1,4H2,2H3;1H2,(H,4,6)(H,5,7);5*1-2H3;3*1H3;. The Morgan fingerprint density at radius 2 is 1.06 bits per heavy atom. The van der Waals surface area contributed by atoms with E-state index < -0.39 is 36.2 Å². The molecule has 1 unspecified atom stereocenters. The molecule has 10 aliphatic rings. The number of hydrazine groups is 3. The first-order valence-corrected chi connectivity index (χ1v) is 42.4. The van der Waals surface area contributed by atoms with Crippen LogP contribution >= 0.6 is 11.6 Å². The molecule has 0 spiro atoms. The number of aliphatic hydroxyl groups is 1. The number of Topliss-reactive ketones (excluding diaryl/α,β-unsaturated/α-hetero) is 3. The average Bonchev–Trinajstić information content (AvgIpc) is 1.53. The summed E-state index contributed by atoms with van der Waals surface area (Å²) >= 11 is 3.69. The minimum atomic E-state index is -1.86. The largest absolute Gasteiger partial charge is 0.512 e. The number of aliphatic hydroxyl groups excluding tert-OH is 1. The Hall–Kier alpha value is -6.69. The van der Waals surface area contributed by atoms with E-state index in [0.717, 1.165) is 76.5 Å². The van der Waals surface area contributed by atoms with Gasteiger partial charge >= 0.3 is 61.8 Å². The van der Waals surface area contributed by atoms with E-state index in [1.807, 2.05) is 90.0 Å². The molecule has 0 bridgehead atoms. The van der Waals surface area contributed by atoms with E-state index >= 15 is 0 Å². The normalized spacial score (nSPS) is 19.1. The molecular weight excluding hydrogens is 1290 g/mol. The molecule has 0 radical (unpaired) electrons. The zero-order valence-electron chi connectivity index (χ0n) is 56.7. The van der Waals surface area contributed by atoms with Gasteiger partial charge in [-0.25, -0.2) is 20.0 Å². The summed E-state index contributed by atoms with van der Waals surface area (Å²) in [4.78, 5) is 142. The van der Waals surface area contributed by atoms with Gasteiger partial charge in [0.2, 0.25) is 11.8 Å². The number of carbonyl (C=O) groups excluding carboxylic acids is 12. The SMILES string of the molecule is C=C(OCC)C1=CC(=O)CCC1.C=[C](OCC)[Sn]([CH3])([CH3])[CH3].CC.CC.CC.CC.CC.CCOC1=C2CCCC(=O)C2N2C(=O)CC(=O)N2C1.O=C1C=C(Cl)CCC1.O=C1C=C(O)CCC1.O=C1CC(=O)NN1.O=C1CN2C(=O)CC(=O)N2C2=C1CCCC2=O. The van der Waals surface area contributed by atoms with Crippen LogP contribution in [0.4, 0.5) is 0 Å². The molecule has 5 aliphatic carbocycles. The van der Waals surface area contributed by atoms with Crippen LogP contribution < -0.4 is 10.9 Å². The fourth-order valence-electron chi connectivity index (χ4n) is 9.14. The third kappa shape index (κ3) is 28.6. The fourth-order valence-corrected chi connectivity index (χ4v) is 11.0. The van der Waals surface area contributed by atoms with Gasteiger partial charge in [-0.15, -0.1) is 0 Å². The van der Waals surface area contributed by atoms with Crippen LogP contribution in [0.15, 0.2) is 79.9 Å². The van der Waals surface area contributed by atoms with E-state index in [9.17, 15) is 57.5 Å². The summed E-state index contributed by atoms with van der Waals surface area (Å²) in [6.07, 6.45) is 14.6. The Morgan fingerprint density at radius 1 is 0.556 bits per heavy atom. The number of fused-ring (bicyclic) bond motifs is 5. The monoisotopic (exact) mass is 1390 g/mol. The molecule has 6 amide bonds. The number of ether oxygens (including phenoxy) is 3. The molecule has 3 N–H and O–H groups in total. The van der Waals surface area contributed by atoms with Crippen molar-refractivity contribution in [1.82, 2.24) is 30.9 Å². The van der Waals surface area contributed by atoms with Crippen molar-refractivity contribution in [1.29, 1.82) is 0 Å². The summed E-state index contributed by atoms with van der Waals surface area (Å²) < 4.78 is 17.2. The second-order valence-corrected chi connectivity index (χ2v) is 35.3. The van der Waals surface area contributed by atoms with E-state index in [0.29, 0.717) is 86.7 Å². The van der Waals surface area contributed by atoms with E-state index in [1.165, 1.54) is 22.2 Å². The van der Waals surface area contributed by atoms with E-state index in [1.54, 1.807) is 6.08 Å². The summed E-state index contributed by atoms with van der Waals surface area (Å²) in [5, 5.41) is 14.3. The maximum atomic E-state index is 12.2. The van der Waals surface area contributed by atoms with Crippen LogP contribution in [-0.4, -0.2) is 153 Å². The van der Waals surface area contributed by atoms with Gasteiger partial charge in [0.05, 0.1) is 19.0 Å². The van der Waals surface area contributed by atoms with Gasteiger partial charge in [0, 0.05) is 60.8 Å². The number of hydrogen-bond donors (Lipinski definition) is 3. The summed E-state index contributed by atoms with van der Waals surface area (Å²) in [7, 11) is 0. The quantitative estimate of drug-likeness (QED) is 0.116. The number of amides is 6. The Kier molecular flexibility index (Phi) is 44.0. The van der Waals surface area contributed by atoms with Gasteiger partial charge in [0.1, 0.15) is 55.6 Å². The smallest absolute Gasteiger partial charge is 0.255 e. The van der Waals surface area contributed by atoms with Gasteiger partial charge in [-0.3, -0.25) is 68.4 Å². The van der Waals surface area contributed by atoms with Crippen molar-refractivity contribution in [2.75, 3.05) is 32.9 Å². The number of ketones is 6. The van der Waals surface area contributed by atoms with Crippen LogP contribution in [0.5, 0.6) is 0 Å². The molecule has 506 valence electrons. The summed E-state index contributed by atoms with van der Waals surface area (Å²) in [6.45, 7) is 35.5. The Morgan fingerprint density at radius 3 is 1.50 bits per heavy atom. The van der Waals surface area contributed by atoms with Crippen LogP contribution in [0.1, 0.15) is 206 Å². The molecule has 0 aromatic carbocycles. The maximum Gasteiger partial charge on any atom is 0.255 e. The van der Waals surface area contributed by atoms with Crippen molar-refractivity contribution >= 4 is 100 Å². The maximum absolute atomic E-state index is 12.2. The second-order valence-electron chi connectivity index (χ2n) is 20.4. The van der Waals surface area contributed by atoms with Crippen molar-refractivity contribution in [3.63, 3.8) is 0 Å². The number of rotatable bonds is 8. The molecule has 1 atom stereocenters. The summed E-state index contributed by atoms with van der Waals surface area (Å²) in [5.74, 6) is -0.295. The number of nitrogens with zero attached hydrogens (tertiary/aromatic N) is 4. The number of carbonyl (C=O) groups is 12. The molecule has 10 rings (SSSR count). The first-order valence-electron chi connectivity index (χ1n) is 32.0. The van der Waals surface area contributed by atoms with Crippen molar-refractivity contribution in [2.45, 2.75) is 226 Å². The Labute approximate surface area is 544 Å². The van der Waals surface area contributed by atoms with Gasteiger partial charge in [-0.05, 0) is 89.4 Å². The molecule has 5 heterocycles. The molecule has 24 heteroatoms. The third-order valence-electron chi connectivity index (χ3n) is 13.2. The minimum Gasteiger partial charge on any atom is -0.512 e. The number of hydrogen-bond acceptors (Lipinski definition) is 16. The second kappa shape index (κ2) is 46.4. The third-order valence-corrected chi connectivity index (χ3v) is 18.6. The molecule has 5 aliphatic heterocycles. The number of allylic oxidation sites excluding steroid dienone is 7. The van der Waals surface area contributed by atoms with E-state index in [2.05, 4.69) is 38.8 Å². The van der Waals surface area contributed by atoms with Crippen molar-refractivity contribution in [3.05, 3.63) is 79.9 Å². The average molecular weight is 1390 g/mol. The van der Waals surface area contributed by atoms with Crippen molar-refractivity contribution in [3.8, 4) is 0 Å². The summed E-state index contributed by atoms with van der Waals surface area (Å²) in [5.41, 5.74) is 6.67. The minimum absolute atomic E-state index is 0.00574. The van der Waals surface area contributed by atoms with Crippen molar-refractivity contribution in [2.24, 2.45) is 0 Å². The van der Waals surface area contributed by atoms with Crippen LogP contribution in [0, 0.1) is 0 Å². The first-order chi connectivity index (χ1) is 42.8. The van der Waals surface area contributed by atoms with E-state index in [4.69, 9.17) is 30.9 Å². The topological polar surface area (TPSA) is 290 Å². The molecule has 0 aromatic rings. The molecule has 22 nitrogen and oxygen atoms in total. The van der Waals surface area contributed by atoms with Gasteiger partial charge in [0.25, 0.3) is 23.6 Å². The zero-order valence-corrected chi connectivity index (χ0v) is 60.3. The fraction of sp³-hybridized carbons (Fsp3) is 0.606. The zero-order chi connectivity index (χ0) is 69.4. The summed E-state index contributed by atoms with van der Waals surface area (Å²) in [6, 6.07) is -0.608. The van der Waals surface area contributed by atoms with Gasteiger partial charge in [-0.1, -0.05) is 87.4 Å². The molecule has 3 saturated heterocycles. The first kappa shape index (κ1) is 85.4. The van der Waals surface area contributed by atoms with Crippen LogP contribution in [0.2, 0.25) is 14.8 Å². The van der Waals surface area contributed by atoms with Gasteiger partial charge < -0.3 is 14.6 Å². The van der Waals surface area contributed by atoms with E-state index in [-0.39, 0.29) is 102 Å². The Bertz CT molecular complexity index is 2640. The predicted molar refractivity (Wildman–Crippen MR) is 350 cm³/mol. The van der Waals surface area contributed by atoms with Crippen molar-refractivity contribution < 1.29 is 76.9 Å². The molecular formula is C66H105ClN6O16Sn. The number of halogens is 1. The van der Waals surface area contributed by atoms with Crippen LogP contribution in [0.25, 0.3) is 0 Å². The molecule has 90 heavy (non-hydrogen) atoms. The molecule has 1 saturated carbocycles. The van der Waals surface area contributed by atoms with Gasteiger partial charge in [0.15, 0.2) is 34.7 Å². The molecule has 4 fully saturated rings. The molecule has 0 aromatic heterocycles. The van der Waals surface area contributed by atoms with Crippen LogP contribution in [-0.2, 0) is 71.7 Å². The van der Waals surface area contributed by atoms with Crippen LogP contribution in [0.3, 0.4) is 0 Å². The number of nitrogens with one attached hydrogen (secondary N) is 2.